The highest BCUT2D eigenvalue weighted by Gasteiger charge is 2.38. The summed E-state index contributed by atoms with van der Waals surface area (Å²) in [6.07, 6.45) is -4.52. The smallest absolute Gasteiger partial charge is 0.292 e. The number of aromatic nitrogens is 2. The molecule has 0 N–H and O–H groups in total. The number of imidazole rings is 1. The van der Waals surface area contributed by atoms with Crippen molar-refractivity contribution in [2.45, 2.75) is 19.0 Å². The minimum atomic E-state index is -4.52. The van der Waals surface area contributed by atoms with E-state index in [1.54, 1.807) is 0 Å². The third-order valence-electron chi connectivity index (χ3n) is 5.33. The van der Waals surface area contributed by atoms with Crippen molar-refractivity contribution in [2.24, 2.45) is 0 Å². The van der Waals surface area contributed by atoms with Crippen LogP contribution >= 0.6 is 0 Å². The van der Waals surface area contributed by atoms with Gasteiger partial charge in [0, 0.05) is 22.4 Å². The predicted octanol–water partition coefficient (Wildman–Crippen LogP) is 6.60. The highest BCUT2D eigenvalue weighted by atomic mass is 19.4. The first-order chi connectivity index (χ1) is 13.4. The molecule has 0 radical (unpaired) electrons. The van der Waals surface area contributed by atoms with E-state index in [1.165, 1.54) is 6.07 Å². The van der Waals surface area contributed by atoms with Crippen LogP contribution in [-0.4, -0.2) is 15.6 Å². The molecule has 0 saturated carbocycles. The van der Waals surface area contributed by atoms with Gasteiger partial charge in [0.1, 0.15) is 11.5 Å². The van der Waals surface area contributed by atoms with E-state index in [0.29, 0.717) is 16.7 Å². The number of hydrogen-bond donors (Lipinski definition) is 0. The Morgan fingerprint density at radius 1 is 0.857 bits per heavy atom. The normalized spacial score (nSPS) is 13.8. The van der Waals surface area contributed by atoms with E-state index >= 15 is 0 Å². The molecule has 0 bridgehead atoms. The van der Waals surface area contributed by atoms with Gasteiger partial charge in [-0.3, -0.25) is 4.40 Å². The van der Waals surface area contributed by atoms with Crippen LogP contribution in [0.5, 0.6) is 0 Å². The third kappa shape index (κ3) is 2.30. The zero-order chi connectivity index (χ0) is 19.6. The van der Waals surface area contributed by atoms with Crippen LogP contribution in [0.4, 0.5) is 17.6 Å². The van der Waals surface area contributed by atoms with E-state index in [0.717, 1.165) is 34.7 Å². The summed E-state index contributed by atoms with van der Waals surface area (Å²) in [7, 11) is 0. The summed E-state index contributed by atoms with van der Waals surface area (Å²) in [5, 5.41) is 2.81. The van der Waals surface area contributed by atoms with Gasteiger partial charge in [-0.2, -0.15) is 13.2 Å². The van der Waals surface area contributed by atoms with Crippen LogP contribution in [0.15, 0.2) is 60.7 Å². The van der Waals surface area contributed by atoms with Gasteiger partial charge in [-0.1, -0.05) is 42.5 Å². The maximum absolute atomic E-state index is 14.5. The number of fused-ring (bicyclic) bond motifs is 8. The van der Waals surface area contributed by atoms with Gasteiger partial charge in [0.15, 0.2) is 0 Å². The Balaban J connectivity index is 1.99. The van der Waals surface area contributed by atoms with E-state index < -0.39 is 17.9 Å². The summed E-state index contributed by atoms with van der Waals surface area (Å²) < 4.78 is 56.0. The topological polar surface area (TPSA) is 17.3 Å². The van der Waals surface area contributed by atoms with Crippen LogP contribution in [-0.2, 0) is 0 Å². The molecule has 0 aliphatic heterocycles. The largest absolute Gasteiger partial charge is 0.395 e. The lowest BCUT2D eigenvalue weighted by Crippen LogP contribution is -2.18. The quantitative estimate of drug-likeness (QED) is 0.236. The summed E-state index contributed by atoms with van der Waals surface area (Å²) in [6.45, 7) is 0.973. The lowest BCUT2D eigenvalue weighted by molar-refractivity contribution is -0.146. The molecule has 6 heteroatoms. The van der Waals surface area contributed by atoms with Crippen molar-refractivity contribution in [3.05, 3.63) is 72.0 Å². The predicted molar refractivity (Wildman–Crippen MR) is 102 cm³/mol. The SMILES string of the molecule is CC(c1cc2c(cc1F)nc1c3ccccc3c3ccccc3n21)C(F)(F)F. The van der Waals surface area contributed by atoms with Crippen LogP contribution in [0.25, 0.3) is 38.4 Å². The molecule has 0 fully saturated rings. The first-order valence-corrected chi connectivity index (χ1v) is 8.84. The van der Waals surface area contributed by atoms with E-state index in [1.807, 2.05) is 52.9 Å². The zero-order valence-corrected chi connectivity index (χ0v) is 14.8. The van der Waals surface area contributed by atoms with Gasteiger partial charge in [-0.25, -0.2) is 9.37 Å². The maximum Gasteiger partial charge on any atom is 0.395 e. The highest BCUT2D eigenvalue weighted by molar-refractivity contribution is 6.13. The Morgan fingerprint density at radius 2 is 1.50 bits per heavy atom. The van der Waals surface area contributed by atoms with Gasteiger partial charge in [-0.15, -0.1) is 0 Å². The summed E-state index contributed by atoms with van der Waals surface area (Å²) in [5.41, 5.74) is 1.83. The Morgan fingerprint density at radius 3 is 2.21 bits per heavy atom. The van der Waals surface area contributed by atoms with Crippen molar-refractivity contribution in [3.8, 4) is 0 Å². The third-order valence-corrected chi connectivity index (χ3v) is 5.33. The molecule has 0 aliphatic carbocycles. The Kier molecular flexibility index (Phi) is 3.44. The Bertz CT molecular complexity index is 1380. The molecule has 0 aliphatic rings. The number of hydrogen-bond acceptors (Lipinski definition) is 1. The Labute approximate surface area is 157 Å². The molecule has 0 amide bonds. The average molecular weight is 382 g/mol. The number of benzene rings is 3. The van der Waals surface area contributed by atoms with Crippen molar-refractivity contribution in [1.29, 1.82) is 0 Å². The fourth-order valence-corrected chi connectivity index (χ4v) is 3.86. The van der Waals surface area contributed by atoms with Crippen molar-refractivity contribution in [3.63, 3.8) is 0 Å². The van der Waals surface area contributed by atoms with Crippen LogP contribution in [0, 0.1) is 5.82 Å². The van der Waals surface area contributed by atoms with Crippen molar-refractivity contribution in [1.82, 2.24) is 9.38 Å². The number of alkyl halides is 3. The molecular formula is C22H14F4N2. The summed E-state index contributed by atoms with van der Waals surface area (Å²) in [6, 6.07) is 17.7. The van der Waals surface area contributed by atoms with Crippen LogP contribution in [0.1, 0.15) is 18.4 Å². The van der Waals surface area contributed by atoms with Crippen molar-refractivity contribution < 1.29 is 17.6 Å². The number of rotatable bonds is 1. The molecule has 2 heterocycles. The fourth-order valence-electron chi connectivity index (χ4n) is 3.86. The van der Waals surface area contributed by atoms with Crippen molar-refractivity contribution >= 4 is 38.4 Å². The first-order valence-electron chi connectivity index (χ1n) is 8.84. The second-order valence-electron chi connectivity index (χ2n) is 6.96. The number of pyridine rings is 1. The molecule has 5 rings (SSSR count). The second-order valence-corrected chi connectivity index (χ2v) is 6.96. The van der Waals surface area contributed by atoms with Gasteiger partial charge >= 0.3 is 6.18 Å². The number of nitrogens with zero attached hydrogens (tertiary/aromatic N) is 2. The lowest BCUT2D eigenvalue weighted by atomic mass is 9.99. The monoisotopic (exact) mass is 382 g/mol. The highest BCUT2D eigenvalue weighted by Crippen LogP contribution is 2.38. The summed E-state index contributed by atoms with van der Waals surface area (Å²) >= 11 is 0. The molecule has 3 aromatic carbocycles. The average Bonchev–Trinajstić information content (AvgIpc) is 3.05. The molecule has 2 nitrogen and oxygen atoms in total. The van der Waals surface area contributed by atoms with Crippen LogP contribution < -0.4 is 0 Å². The number of halogens is 4. The molecule has 0 spiro atoms. The molecule has 1 unspecified atom stereocenters. The minimum absolute atomic E-state index is 0.331. The van der Waals surface area contributed by atoms with Gasteiger partial charge < -0.3 is 0 Å². The lowest BCUT2D eigenvalue weighted by Gasteiger charge is -2.16. The molecule has 5 aromatic rings. The van der Waals surface area contributed by atoms with Gasteiger partial charge in [0.2, 0.25) is 0 Å². The molecule has 2 aromatic heterocycles. The van der Waals surface area contributed by atoms with Crippen LogP contribution in [0.2, 0.25) is 0 Å². The fraction of sp³-hybridized carbons (Fsp3) is 0.136. The number of para-hydroxylation sites is 1. The molecule has 1 atom stereocenters. The van der Waals surface area contributed by atoms with E-state index in [-0.39, 0.29) is 5.56 Å². The van der Waals surface area contributed by atoms with E-state index in [9.17, 15) is 17.6 Å². The second kappa shape index (κ2) is 5.67. The van der Waals surface area contributed by atoms with E-state index in [2.05, 4.69) is 4.98 Å². The summed E-state index contributed by atoms with van der Waals surface area (Å²) in [5.74, 6) is -2.80. The van der Waals surface area contributed by atoms with Crippen LogP contribution in [0.3, 0.4) is 0 Å². The van der Waals surface area contributed by atoms with Crippen molar-refractivity contribution in [2.75, 3.05) is 0 Å². The molecule has 28 heavy (non-hydrogen) atoms. The first kappa shape index (κ1) is 17.0. The minimum Gasteiger partial charge on any atom is -0.292 e. The van der Waals surface area contributed by atoms with Gasteiger partial charge in [-0.05, 0) is 24.4 Å². The zero-order valence-electron chi connectivity index (χ0n) is 14.8. The molecule has 140 valence electrons. The summed E-state index contributed by atoms with van der Waals surface area (Å²) in [4.78, 5) is 4.56. The van der Waals surface area contributed by atoms with E-state index in [4.69, 9.17) is 0 Å². The molecular weight excluding hydrogens is 368 g/mol. The standard InChI is InChI=1S/C22H14F4N2/c1-12(22(24,25)26)16-10-20-18(11-17(16)23)27-21-15-8-3-2-6-13(15)14-7-4-5-9-19(14)28(20)21/h2-12H,1H3. The van der Waals surface area contributed by atoms with Gasteiger partial charge in [0.25, 0.3) is 0 Å². The molecule has 0 saturated heterocycles. The Hall–Kier alpha value is -3.15. The maximum atomic E-state index is 14.5. The van der Waals surface area contributed by atoms with Gasteiger partial charge in [0.05, 0.1) is 22.5 Å².